The van der Waals surface area contributed by atoms with Gasteiger partial charge in [-0.2, -0.15) is 0 Å². The van der Waals surface area contributed by atoms with Crippen LogP contribution in [0.25, 0.3) is 0 Å². The standard InChI is InChI=1S/C16H27N3/c1-4-13(2)16-12-19(14(3)11-18-16)10-8-15-7-5-6-9-17-15/h5-7,9,13-14,16,18H,4,8,10-12H2,1-3H3. The Morgan fingerprint density at radius 1 is 1.47 bits per heavy atom. The van der Waals surface area contributed by atoms with E-state index >= 15 is 0 Å². The maximum atomic E-state index is 4.42. The van der Waals surface area contributed by atoms with Gasteiger partial charge < -0.3 is 5.32 Å². The maximum absolute atomic E-state index is 4.42. The van der Waals surface area contributed by atoms with Gasteiger partial charge in [-0.25, -0.2) is 0 Å². The quantitative estimate of drug-likeness (QED) is 0.882. The van der Waals surface area contributed by atoms with Gasteiger partial charge in [0.2, 0.25) is 0 Å². The average molecular weight is 261 g/mol. The lowest BCUT2D eigenvalue weighted by Crippen LogP contribution is -2.57. The number of nitrogens with one attached hydrogen (secondary N) is 1. The summed E-state index contributed by atoms with van der Waals surface area (Å²) in [6.45, 7) is 10.3. The molecule has 1 fully saturated rings. The summed E-state index contributed by atoms with van der Waals surface area (Å²) in [6.07, 6.45) is 4.19. The van der Waals surface area contributed by atoms with E-state index in [0.29, 0.717) is 12.1 Å². The van der Waals surface area contributed by atoms with Crippen molar-refractivity contribution in [3.8, 4) is 0 Å². The Bertz CT molecular complexity index is 366. The molecule has 19 heavy (non-hydrogen) atoms. The smallest absolute Gasteiger partial charge is 0.0416 e. The second-order valence-electron chi connectivity index (χ2n) is 5.82. The SMILES string of the molecule is CCC(C)C1CN(CCc2ccccn2)C(C)CN1. The Balaban J connectivity index is 1.87. The first-order chi connectivity index (χ1) is 9.20. The van der Waals surface area contributed by atoms with Gasteiger partial charge in [-0.3, -0.25) is 9.88 Å². The Hall–Kier alpha value is -0.930. The van der Waals surface area contributed by atoms with E-state index in [9.17, 15) is 0 Å². The van der Waals surface area contributed by atoms with Crippen LogP contribution in [0.5, 0.6) is 0 Å². The third kappa shape index (κ3) is 4.02. The molecule has 0 aliphatic carbocycles. The fraction of sp³-hybridized carbons (Fsp3) is 0.688. The summed E-state index contributed by atoms with van der Waals surface area (Å²) in [6, 6.07) is 7.45. The van der Waals surface area contributed by atoms with Crippen LogP contribution in [0.1, 0.15) is 32.9 Å². The van der Waals surface area contributed by atoms with Gasteiger partial charge in [0.05, 0.1) is 0 Å². The van der Waals surface area contributed by atoms with E-state index in [1.54, 1.807) is 0 Å². The van der Waals surface area contributed by atoms with Crippen LogP contribution in [-0.2, 0) is 6.42 Å². The third-order valence-corrected chi connectivity index (χ3v) is 4.44. The van der Waals surface area contributed by atoms with Gasteiger partial charge in [0.25, 0.3) is 0 Å². The van der Waals surface area contributed by atoms with Gasteiger partial charge in [0.15, 0.2) is 0 Å². The highest BCUT2D eigenvalue weighted by Gasteiger charge is 2.27. The van der Waals surface area contributed by atoms with E-state index in [1.165, 1.54) is 18.7 Å². The van der Waals surface area contributed by atoms with Crippen LogP contribution < -0.4 is 5.32 Å². The Labute approximate surface area is 117 Å². The third-order valence-electron chi connectivity index (χ3n) is 4.44. The molecule has 106 valence electrons. The highest BCUT2D eigenvalue weighted by molar-refractivity contribution is 5.04. The molecular formula is C16H27N3. The molecule has 0 radical (unpaired) electrons. The van der Waals surface area contributed by atoms with Crippen molar-refractivity contribution >= 4 is 0 Å². The molecule has 2 rings (SSSR count). The first-order valence-corrected chi connectivity index (χ1v) is 7.58. The number of hydrogen-bond donors (Lipinski definition) is 1. The van der Waals surface area contributed by atoms with E-state index in [-0.39, 0.29) is 0 Å². The molecule has 1 aliphatic heterocycles. The molecule has 3 atom stereocenters. The van der Waals surface area contributed by atoms with Crippen LogP contribution in [-0.4, -0.2) is 41.6 Å². The lowest BCUT2D eigenvalue weighted by molar-refractivity contribution is 0.120. The molecule has 1 N–H and O–H groups in total. The molecule has 1 aromatic heterocycles. The van der Waals surface area contributed by atoms with Gasteiger partial charge in [0, 0.05) is 50.0 Å². The molecule has 0 saturated carbocycles. The Morgan fingerprint density at radius 2 is 2.32 bits per heavy atom. The summed E-state index contributed by atoms with van der Waals surface area (Å²) in [5.74, 6) is 0.754. The van der Waals surface area contributed by atoms with Gasteiger partial charge in [-0.1, -0.05) is 26.3 Å². The highest BCUT2D eigenvalue weighted by Crippen LogP contribution is 2.15. The number of hydrogen-bond acceptors (Lipinski definition) is 3. The minimum atomic E-state index is 0.629. The fourth-order valence-electron chi connectivity index (χ4n) is 2.73. The minimum Gasteiger partial charge on any atom is -0.311 e. The normalized spacial score (nSPS) is 26.3. The van der Waals surface area contributed by atoms with E-state index < -0.39 is 0 Å². The summed E-state index contributed by atoms with van der Waals surface area (Å²) in [4.78, 5) is 7.03. The van der Waals surface area contributed by atoms with E-state index in [1.807, 2.05) is 12.3 Å². The fourth-order valence-corrected chi connectivity index (χ4v) is 2.73. The Kier molecular flexibility index (Phi) is 5.34. The van der Waals surface area contributed by atoms with Gasteiger partial charge in [0.1, 0.15) is 0 Å². The number of nitrogens with zero attached hydrogens (tertiary/aromatic N) is 2. The van der Waals surface area contributed by atoms with Crippen molar-refractivity contribution in [3.05, 3.63) is 30.1 Å². The van der Waals surface area contributed by atoms with Gasteiger partial charge in [-0.15, -0.1) is 0 Å². The van der Waals surface area contributed by atoms with Crippen molar-refractivity contribution in [1.82, 2.24) is 15.2 Å². The van der Waals surface area contributed by atoms with E-state index in [2.05, 4.69) is 48.1 Å². The van der Waals surface area contributed by atoms with Crippen molar-refractivity contribution in [2.45, 2.75) is 45.7 Å². The van der Waals surface area contributed by atoms with E-state index in [0.717, 1.165) is 25.4 Å². The molecule has 0 bridgehead atoms. The zero-order valence-electron chi connectivity index (χ0n) is 12.5. The summed E-state index contributed by atoms with van der Waals surface area (Å²) in [5.41, 5.74) is 1.20. The summed E-state index contributed by atoms with van der Waals surface area (Å²) >= 11 is 0. The predicted molar refractivity (Wildman–Crippen MR) is 80.2 cm³/mol. The average Bonchev–Trinajstić information content (AvgIpc) is 2.46. The van der Waals surface area contributed by atoms with Crippen molar-refractivity contribution < 1.29 is 0 Å². The molecule has 3 heteroatoms. The van der Waals surface area contributed by atoms with Crippen molar-refractivity contribution in [1.29, 1.82) is 0 Å². The molecular weight excluding hydrogens is 234 g/mol. The monoisotopic (exact) mass is 261 g/mol. The van der Waals surface area contributed by atoms with E-state index in [4.69, 9.17) is 0 Å². The highest BCUT2D eigenvalue weighted by atomic mass is 15.2. The molecule has 1 aliphatic rings. The Morgan fingerprint density at radius 3 is 3.00 bits per heavy atom. The topological polar surface area (TPSA) is 28.2 Å². The summed E-state index contributed by atoms with van der Waals surface area (Å²) in [7, 11) is 0. The number of piperazine rings is 1. The molecule has 3 nitrogen and oxygen atoms in total. The molecule has 3 unspecified atom stereocenters. The van der Waals surface area contributed by atoms with Crippen LogP contribution >= 0.6 is 0 Å². The van der Waals surface area contributed by atoms with Crippen LogP contribution in [0.15, 0.2) is 24.4 Å². The zero-order chi connectivity index (χ0) is 13.7. The number of rotatable bonds is 5. The summed E-state index contributed by atoms with van der Waals surface area (Å²) < 4.78 is 0. The molecule has 0 aromatic carbocycles. The van der Waals surface area contributed by atoms with Crippen LogP contribution in [0, 0.1) is 5.92 Å². The minimum absolute atomic E-state index is 0.629. The first-order valence-electron chi connectivity index (χ1n) is 7.58. The molecule has 0 amide bonds. The van der Waals surface area contributed by atoms with Crippen molar-refractivity contribution in [2.75, 3.05) is 19.6 Å². The van der Waals surface area contributed by atoms with Crippen LogP contribution in [0.4, 0.5) is 0 Å². The largest absolute Gasteiger partial charge is 0.311 e. The zero-order valence-corrected chi connectivity index (χ0v) is 12.5. The summed E-state index contributed by atoms with van der Waals surface area (Å²) in [5, 5.41) is 3.69. The lowest BCUT2D eigenvalue weighted by atomic mass is 9.95. The number of pyridine rings is 1. The first kappa shape index (κ1) is 14.5. The predicted octanol–water partition coefficient (Wildman–Crippen LogP) is 2.33. The van der Waals surface area contributed by atoms with Crippen LogP contribution in [0.3, 0.4) is 0 Å². The maximum Gasteiger partial charge on any atom is 0.0416 e. The lowest BCUT2D eigenvalue weighted by Gasteiger charge is -2.41. The van der Waals surface area contributed by atoms with Gasteiger partial charge >= 0.3 is 0 Å². The second kappa shape index (κ2) is 7.01. The second-order valence-corrected chi connectivity index (χ2v) is 5.82. The molecule has 1 aromatic rings. The molecule has 0 spiro atoms. The van der Waals surface area contributed by atoms with Crippen LogP contribution in [0.2, 0.25) is 0 Å². The molecule has 1 saturated heterocycles. The number of aromatic nitrogens is 1. The van der Waals surface area contributed by atoms with Crippen molar-refractivity contribution in [3.63, 3.8) is 0 Å². The van der Waals surface area contributed by atoms with Crippen molar-refractivity contribution in [2.24, 2.45) is 5.92 Å². The van der Waals surface area contributed by atoms with Gasteiger partial charge in [-0.05, 0) is 25.0 Å². The molecule has 2 heterocycles.